The van der Waals surface area contributed by atoms with Crippen molar-refractivity contribution in [2.75, 3.05) is 25.5 Å². The van der Waals surface area contributed by atoms with E-state index in [0.717, 1.165) is 49.4 Å². The van der Waals surface area contributed by atoms with Gasteiger partial charge in [-0.25, -0.2) is 0 Å². The van der Waals surface area contributed by atoms with Crippen LogP contribution in [0, 0.1) is 19.8 Å². The highest BCUT2D eigenvalue weighted by molar-refractivity contribution is 5.91. The number of nitrogens with zero attached hydrogens (tertiary/aromatic N) is 3. The number of aryl methyl sites for hydroxylation is 2. The summed E-state index contributed by atoms with van der Waals surface area (Å²) in [7, 11) is 1.64. The Morgan fingerprint density at radius 2 is 2.26 bits per heavy atom. The minimum Gasteiger partial charge on any atom is -0.497 e. The molecule has 1 atom stereocenters. The summed E-state index contributed by atoms with van der Waals surface area (Å²) in [6.07, 6.45) is 3.72. The first kappa shape index (κ1) is 19.4. The van der Waals surface area contributed by atoms with Gasteiger partial charge in [-0.15, -0.1) is 0 Å². The molecule has 0 saturated carbocycles. The normalized spacial score (nSPS) is 17.7. The lowest BCUT2D eigenvalue weighted by Crippen LogP contribution is -2.35. The third-order valence-corrected chi connectivity index (χ3v) is 5.02. The molecule has 3 rings (SSSR count). The third-order valence-electron chi connectivity index (χ3n) is 5.02. The first-order valence-electron chi connectivity index (χ1n) is 9.49. The van der Waals surface area contributed by atoms with Crippen LogP contribution in [0.3, 0.4) is 0 Å². The lowest BCUT2D eigenvalue weighted by atomic mass is 9.93. The number of hydrogen-bond donors (Lipinski definition) is 1. The minimum atomic E-state index is 0.0629. The smallest absolute Gasteiger partial charge is 0.240 e. The molecule has 7 nitrogen and oxygen atoms in total. The van der Waals surface area contributed by atoms with Crippen LogP contribution in [0.15, 0.2) is 22.7 Å². The van der Waals surface area contributed by atoms with Crippen molar-refractivity contribution in [2.24, 2.45) is 5.92 Å². The van der Waals surface area contributed by atoms with Gasteiger partial charge in [0.1, 0.15) is 5.75 Å². The molecule has 1 N–H and O–H groups in total. The van der Waals surface area contributed by atoms with Crippen LogP contribution in [0.25, 0.3) is 0 Å². The van der Waals surface area contributed by atoms with E-state index in [1.807, 2.05) is 32.0 Å². The standard InChI is InChI=1S/C20H28N4O3/c1-14-11-17(26-3)7-8-18(14)22-19(25)9-6-16-5-4-10-24(12-16)13-20-21-15(2)23-27-20/h7-8,11,16H,4-6,9-10,12-13H2,1-3H3,(H,22,25). The predicted octanol–water partition coefficient (Wildman–Crippen LogP) is 3.33. The summed E-state index contributed by atoms with van der Waals surface area (Å²) in [4.78, 5) is 19.0. The van der Waals surface area contributed by atoms with Crippen molar-refractivity contribution in [3.8, 4) is 5.75 Å². The first-order valence-corrected chi connectivity index (χ1v) is 9.49. The molecule has 1 aliphatic rings. The Bertz CT molecular complexity index is 774. The first-order chi connectivity index (χ1) is 13.0. The Balaban J connectivity index is 1.45. The van der Waals surface area contributed by atoms with Gasteiger partial charge in [0, 0.05) is 18.7 Å². The number of hydrogen-bond acceptors (Lipinski definition) is 6. The van der Waals surface area contributed by atoms with Crippen molar-refractivity contribution in [1.29, 1.82) is 0 Å². The van der Waals surface area contributed by atoms with Gasteiger partial charge in [0.2, 0.25) is 11.8 Å². The van der Waals surface area contributed by atoms with Crippen LogP contribution in [0.2, 0.25) is 0 Å². The van der Waals surface area contributed by atoms with Gasteiger partial charge in [0.15, 0.2) is 5.82 Å². The van der Waals surface area contributed by atoms with Crippen molar-refractivity contribution < 1.29 is 14.1 Å². The van der Waals surface area contributed by atoms with Gasteiger partial charge in [-0.05, 0) is 69.3 Å². The van der Waals surface area contributed by atoms with Gasteiger partial charge in [-0.2, -0.15) is 4.98 Å². The van der Waals surface area contributed by atoms with Crippen molar-refractivity contribution >= 4 is 11.6 Å². The number of piperidine rings is 1. The zero-order chi connectivity index (χ0) is 19.2. The second-order valence-electron chi connectivity index (χ2n) is 7.25. The van der Waals surface area contributed by atoms with Gasteiger partial charge in [0.25, 0.3) is 0 Å². The maximum Gasteiger partial charge on any atom is 0.240 e. The number of anilines is 1. The molecule has 1 aliphatic heterocycles. The maximum absolute atomic E-state index is 12.3. The van der Waals surface area contributed by atoms with Gasteiger partial charge >= 0.3 is 0 Å². The summed E-state index contributed by atoms with van der Waals surface area (Å²) in [5.74, 6) is 2.72. The van der Waals surface area contributed by atoms with E-state index >= 15 is 0 Å². The van der Waals surface area contributed by atoms with Crippen molar-refractivity contribution in [3.05, 3.63) is 35.5 Å². The number of benzene rings is 1. The van der Waals surface area contributed by atoms with E-state index in [4.69, 9.17) is 9.26 Å². The van der Waals surface area contributed by atoms with Crippen LogP contribution < -0.4 is 10.1 Å². The summed E-state index contributed by atoms with van der Waals surface area (Å²) in [6.45, 7) is 6.49. The number of rotatable bonds is 7. The molecule has 27 heavy (non-hydrogen) atoms. The Morgan fingerprint density at radius 1 is 1.41 bits per heavy atom. The van der Waals surface area contributed by atoms with Gasteiger partial charge in [0.05, 0.1) is 13.7 Å². The fourth-order valence-electron chi connectivity index (χ4n) is 3.58. The minimum absolute atomic E-state index is 0.0629. The third kappa shape index (κ3) is 5.53. The van der Waals surface area contributed by atoms with E-state index in [9.17, 15) is 4.79 Å². The van der Waals surface area contributed by atoms with E-state index < -0.39 is 0 Å². The molecule has 1 aromatic heterocycles. The topological polar surface area (TPSA) is 80.5 Å². The number of amides is 1. The van der Waals surface area contributed by atoms with Crippen LogP contribution in [0.5, 0.6) is 5.75 Å². The van der Waals surface area contributed by atoms with Gasteiger partial charge < -0.3 is 14.6 Å². The molecule has 2 aromatic rings. The monoisotopic (exact) mass is 372 g/mol. The molecule has 1 unspecified atom stereocenters. The average Bonchev–Trinajstić information content (AvgIpc) is 3.06. The lowest BCUT2D eigenvalue weighted by Gasteiger charge is -2.31. The molecular formula is C20H28N4O3. The molecule has 1 fully saturated rings. The van der Waals surface area contributed by atoms with Crippen molar-refractivity contribution in [2.45, 2.75) is 46.1 Å². The molecule has 7 heteroatoms. The summed E-state index contributed by atoms with van der Waals surface area (Å²) in [5.41, 5.74) is 1.85. The Kier molecular flexibility index (Phi) is 6.45. The number of methoxy groups -OCH3 is 1. The van der Waals surface area contributed by atoms with Gasteiger partial charge in [-0.1, -0.05) is 5.16 Å². The number of carbonyl (C=O) groups excluding carboxylic acids is 1. The summed E-state index contributed by atoms with van der Waals surface area (Å²) >= 11 is 0. The van der Waals surface area contributed by atoms with Crippen molar-refractivity contribution in [3.63, 3.8) is 0 Å². The fraction of sp³-hybridized carbons (Fsp3) is 0.550. The Morgan fingerprint density at radius 3 is 2.96 bits per heavy atom. The van der Waals surface area contributed by atoms with Crippen LogP contribution >= 0.6 is 0 Å². The van der Waals surface area contributed by atoms with Crippen molar-refractivity contribution in [1.82, 2.24) is 15.0 Å². The molecule has 0 radical (unpaired) electrons. The quantitative estimate of drug-likeness (QED) is 0.803. The van der Waals surface area contributed by atoms with Crippen LogP contribution in [-0.2, 0) is 11.3 Å². The lowest BCUT2D eigenvalue weighted by molar-refractivity contribution is -0.116. The molecule has 146 valence electrons. The van der Waals surface area contributed by atoms with Gasteiger partial charge in [-0.3, -0.25) is 9.69 Å². The number of carbonyl (C=O) groups is 1. The van der Waals surface area contributed by atoms with Crippen LogP contribution in [0.1, 0.15) is 43.0 Å². The van der Waals surface area contributed by atoms with E-state index in [2.05, 4.69) is 20.4 Å². The van der Waals surface area contributed by atoms with Crippen LogP contribution in [0.4, 0.5) is 5.69 Å². The average molecular weight is 372 g/mol. The summed E-state index contributed by atoms with van der Waals surface area (Å²) in [5, 5.41) is 6.86. The summed E-state index contributed by atoms with van der Waals surface area (Å²) < 4.78 is 10.4. The molecule has 1 amide bonds. The van der Waals surface area contributed by atoms with Crippen LogP contribution in [-0.4, -0.2) is 41.1 Å². The molecule has 0 bridgehead atoms. The number of likely N-dealkylation sites (tertiary alicyclic amines) is 1. The molecule has 1 saturated heterocycles. The molecule has 2 heterocycles. The maximum atomic E-state index is 12.3. The van der Waals surface area contributed by atoms with E-state index in [1.165, 1.54) is 0 Å². The largest absolute Gasteiger partial charge is 0.497 e. The molecule has 0 aliphatic carbocycles. The SMILES string of the molecule is COc1ccc(NC(=O)CCC2CCCN(Cc3nc(C)no3)C2)c(C)c1. The summed E-state index contributed by atoms with van der Waals surface area (Å²) in [6, 6.07) is 5.68. The highest BCUT2D eigenvalue weighted by Gasteiger charge is 2.22. The number of aromatic nitrogens is 2. The molecular weight excluding hydrogens is 344 g/mol. The zero-order valence-electron chi connectivity index (χ0n) is 16.3. The van der Waals surface area contributed by atoms with E-state index in [1.54, 1.807) is 7.11 Å². The second-order valence-corrected chi connectivity index (χ2v) is 7.25. The number of ether oxygens (including phenoxy) is 1. The molecule has 0 spiro atoms. The highest BCUT2D eigenvalue weighted by atomic mass is 16.5. The Hall–Kier alpha value is -2.41. The Labute approximate surface area is 160 Å². The molecule has 1 aromatic carbocycles. The second kappa shape index (κ2) is 8.99. The number of nitrogens with one attached hydrogen (secondary N) is 1. The zero-order valence-corrected chi connectivity index (χ0v) is 16.3. The highest BCUT2D eigenvalue weighted by Crippen LogP contribution is 2.24. The fourth-order valence-corrected chi connectivity index (χ4v) is 3.58. The predicted molar refractivity (Wildman–Crippen MR) is 103 cm³/mol. The van der Waals surface area contributed by atoms with E-state index in [0.29, 0.717) is 30.6 Å². The van der Waals surface area contributed by atoms with E-state index in [-0.39, 0.29) is 5.91 Å².